The van der Waals surface area contributed by atoms with Crippen LogP contribution in [-0.4, -0.2) is 0 Å². The number of rotatable bonds is 3. The van der Waals surface area contributed by atoms with Crippen molar-refractivity contribution in [3.05, 3.63) is 118 Å². The van der Waals surface area contributed by atoms with Gasteiger partial charge in [-0.1, -0.05) is 90.0 Å². The fraction of sp³-hybridized carbons (Fsp3) is 0.0476. The van der Waals surface area contributed by atoms with Crippen LogP contribution in [0, 0.1) is 0 Å². The summed E-state index contributed by atoms with van der Waals surface area (Å²) in [6.45, 7) is 0. The molecule has 0 saturated carbocycles. The molecule has 0 spiro atoms. The van der Waals surface area contributed by atoms with Crippen LogP contribution in [0.3, 0.4) is 0 Å². The molecular weight excluding hydrogens is 294 g/mol. The molecule has 3 nitrogen and oxygen atoms in total. The maximum atomic E-state index is 9.37. The fourth-order valence-electron chi connectivity index (χ4n) is 3.49. The molecule has 4 rings (SSSR count). The molecule has 0 aromatic heterocycles. The monoisotopic (exact) mass is 309 g/mol. The van der Waals surface area contributed by atoms with E-state index in [1.165, 1.54) is 0 Å². The van der Waals surface area contributed by atoms with Gasteiger partial charge in [-0.3, -0.25) is 0 Å². The molecule has 3 aromatic rings. The summed E-state index contributed by atoms with van der Waals surface area (Å²) >= 11 is 0. The van der Waals surface area contributed by atoms with Crippen LogP contribution >= 0.6 is 0 Å². The van der Waals surface area contributed by atoms with Gasteiger partial charge in [0.1, 0.15) is 5.54 Å². The summed E-state index contributed by atoms with van der Waals surface area (Å²) in [7, 11) is 0. The van der Waals surface area contributed by atoms with Crippen molar-refractivity contribution >= 4 is 11.6 Å². The van der Waals surface area contributed by atoms with E-state index in [4.69, 9.17) is 0 Å². The standard InChI is InChI=1S/C21H15N3/c22-24-23-21(18-12-5-2-6-13-18)19-14-8-7-11-17(19)15-20(21)16-9-3-1-4-10-16/h1-15H. The van der Waals surface area contributed by atoms with E-state index in [-0.39, 0.29) is 0 Å². The maximum absolute atomic E-state index is 9.37. The number of nitrogens with zero attached hydrogens (tertiary/aromatic N) is 3. The summed E-state index contributed by atoms with van der Waals surface area (Å²) in [5.74, 6) is 0. The Morgan fingerprint density at radius 1 is 0.750 bits per heavy atom. The van der Waals surface area contributed by atoms with E-state index in [0.29, 0.717) is 0 Å². The molecule has 0 heterocycles. The first-order chi connectivity index (χ1) is 11.9. The van der Waals surface area contributed by atoms with Gasteiger partial charge in [-0.2, -0.15) is 0 Å². The minimum absolute atomic E-state index is 0.839. The van der Waals surface area contributed by atoms with E-state index < -0.39 is 5.54 Å². The second-order valence-electron chi connectivity index (χ2n) is 5.78. The van der Waals surface area contributed by atoms with Gasteiger partial charge in [-0.25, -0.2) is 0 Å². The average molecular weight is 309 g/mol. The van der Waals surface area contributed by atoms with E-state index >= 15 is 0 Å². The molecule has 1 aliphatic carbocycles. The summed E-state index contributed by atoms with van der Waals surface area (Å²) < 4.78 is 0. The fourth-order valence-corrected chi connectivity index (χ4v) is 3.49. The molecule has 3 aromatic carbocycles. The maximum Gasteiger partial charge on any atom is 0.125 e. The first-order valence-electron chi connectivity index (χ1n) is 7.85. The summed E-state index contributed by atoms with van der Waals surface area (Å²) in [5, 5.41) is 4.34. The molecule has 0 fully saturated rings. The second kappa shape index (κ2) is 5.73. The normalized spacial score (nSPS) is 18.4. The van der Waals surface area contributed by atoms with Crippen LogP contribution < -0.4 is 0 Å². The first-order valence-corrected chi connectivity index (χ1v) is 7.85. The van der Waals surface area contributed by atoms with Crippen LogP contribution in [0.25, 0.3) is 22.1 Å². The molecule has 24 heavy (non-hydrogen) atoms. The van der Waals surface area contributed by atoms with E-state index in [0.717, 1.165) is 27.8 Å². The molecule has 1 aliphatic rings. The SMILES string of the molecule is [N-]=[N+]=NC1(c2ccccc2)C(c2ccccc2)=Cc2ccccc21. The van der Waals surface area contributed by atoms with Crippen molar-refractivity contribution in [2.45, 2.75) is 5.54 Å². The van der Waals surface area contributed by atoms with Crippen molar-refractivity contribution < 1.29 is 0 Å². The molecule has 0 bridgehead atoms. The molecule has 114 valence electrons. The number of fused-ring (bicyclic) bond motifs is 1. The Morgan fingerprint density at radius 3 is 2.08 bits per heavy atom. The Hall–Kier alpha value is -3.29. The Balaban J connectivity index is 2.08. The van der Waals surface area contributed by atoms with Gasteiger partial charge in [0.15, 0.2) is 0 Å². The molecule has 0 radical (unpaired) electrons. The van der Waals surface area contributed by atoms with Gasteiger partial charge in [-0.15, -0.1) is 0 Å². The van der Waals surface area contributed by atoms with Gasteiger partial charge < -0.3 is 0 Å². The van der Waals surface area contributed by atoms with Crippen molar-refractivity contribution in [1.82, 2.24) is 0 Å². The quantitative estimate of drug-likeness (QED) is 0.334. The largest absolute Gasteiger partial charge is 0.125 e. The van der Waals surface area contributed by atoms with Crippen molar-refractivity contribution in [3.63, 3.8) is 0 Å². The highest BCUT2D eigenvalue weighted by atomic mass is 15.2. The van der Waals surface area contributed by atoms with Crippen LogP contribution in [0.5, 0.6) is 0 Å². The third-order valence-electron chi connectivity index (χ3n) is 4.51. The third-order valence-corrected chi connectivity index (χ3v) is 4.51. The Morgan fingerprint density at radius 2 is 1.38 bits per heavy atom. The van der Waals surface area contributed by atoms with Gasteiger partial charge in [0.25, 0.3) is 0 Å². The topological polar surface area (TPSA) is 48.8 Å². The summed E-state index contributed by atoms with van der Waals surface area (Å²) in [6, 6.07) is 28.2. The predicted octanol–water partition coefficient (Wildman–Crippen LogP) is 5.79. The molecule has 3 heteroatoms. The van der Waals surface area contributed by atoms with Gasteiger partial charge in [0.2, 0.25) is 0 Å². The van der Waals surface area contributed by atoms with E-state index in [9.17, 15) is 5.53 Å². The van der Waals surface area contributed by atoms with Crippen molar-refractivity contribution in [1.29, 1.82) is 0 Å². The lowest BCUT2D eigenvalue weighted by Gasteiger charge is -2.30. The molecular formula is C21H15N3. The zero-order valence-corrected chi connectivity index (χ0v) is 13.0. The van der Waals surface area contributed by atoms with Crippen molar-refractivity contribution in [2.24, 2.45) is 5.11 Å². The molecule has 0 amide bonds. The first kappa shape index (κ1) is 14.3. The second-order valence-corrected chi connectivity index (χ2v) is 5.78. The number of hydrogen-bond donors (Lipinski definition) is 0. The Kier molecular flexibility index (Phi) is 3.42. The highest BCUT2D eigenvalue weighted by Gasteiger charge is 2.43. The van der Waals surface area contributed by atoms with Gasteiger partial charge in [0.05, 0.1) is 0 Å². The molecule has 0 N–H and O–H groups in total. The van der Waals surface area contributed by atoms with Crippen LogP contribution in [0.4, 0.5) is 0 Å². The Labute approximate surface area is 140 Å². The summed E-state index contributed by atoms with van der Waals surface area (Å²) in [6.07, 6.45) is 2.13. The van der Waals surface area contributed by atoms with Gasteiger partial charge >= 0.3 is 0 Å². The van der Waals surface area contributed by atoms with Crippen molar-refractivity contribution in [2.75, 3.05) is 0 Å². The highest BCUT2D eigenvalue weighted by Crippen LogP contribution is 2.52. The van der Waals surface area contributed by atoms with Gasteiger partial charge in [-0.05, 0) is 39.4 Å². The van der Waals surface area contributed by atoms with Crippen LogP contribution in [0.2, 0.25) is 0 Å². The molecule has 1 atom stereocenters. The van der Waals surface area contributed by atoms with Gasteiger partial charge in [0, 0.05) is 4.91 Å². The summed E-state index contributed by atoms with van der Waals surface area (Å²) in [5.41, 5.74) is 13.7. The minimum atomic E-state index is -0.839. The Bertz CT molecular complexity index is 955. The zero-order chi connectivity index (χ0) is 16.4. The molecule has 1 unspecified atom stereocenters. The highest BCUT2D eigenvalue weighted by molar-refractivity contribution is 5.96. The van der Waals surface area contributed by atoms with E-state index in [1.807, 2.05) is 66.7 Å². The average Bonchev–Trinajstić information content (AvgIpc) is 2.99. The predicted molar refractivity (Wildman–Crippen MR) is 97.1 cm³/mol. The lowest BCUT2D eigenvalue weighted by atomic mass is 9.78. The van der Waals surface area contributed by atoms with E-state index in [2.05, 4.69) is 34.3 Å². The lowest BCUT2D eigenvalue weighted by molar-refractivity contribution is 0.707. The van der Waals surface area contributed by atoms with E-state index in [1.54, 1.807) is 0 Å². The van der Waals surface area contributed by atoms with Crippen molar-refractivity contribution in [3.8, 4) is 0 Å². The molecule has 0 saturated heterocycles. The van der Waals surface area contributed by atoms with Crippen LogP contribution in [0.15, 0.2) is 90.0 Å². The number of azide groups is 1. The lowest BCUT2D eigenvalue weighted by Crippen LogP contribution is -2.24. The molecule has 0 aliphatic heterocycles. The third kappa shape index (κ3) is 2.03. The smallest absolute Gasteiger partial charge is 0.0730 e. The number of benzene rings is 3. The number of hydrogen-bond acceptors (Lipinski definition) is 1. The van der Waals surface area contributed by atoms with Crippen LogP contribution in [0.1, 0.15) is 22.3 Å². The minimum Gasteiger partial charge on any atom is -0.0730 e. The zero-order valence-electron chi connectivity index (χ0n) is 13.0. The summed E-state index contributed by atoms with van der Waals surface area (Å²) in [4.78, 5) is 3.23. The van der Waals surface area contributed by atoms with Crippen LogP contribution in [-0.2, 0) is 5.54 Å².